The van der Waals surface area contributed by atoms with Crippen LogP contribution >= 0.6 is 0 Å². The molecule has 1 amide bonds. The quantitative estimate of drug-likeness (QED) is 0.838. The summed E-state index contributed by atoms with van der Waals surface area (Å²) < 4.78 is 1.96. The number of carbonyl (C=O) groups excluding carboxylic acids is 1. The summed E-state index contributed by atoms with van der Waals surface area (Å²) in [5.74, 6) is 0.173. The third-order valence-corrected chi connectivity index (χ3v) is 4.61. The summed E-state index contributed by atoms with van der Waals surface area (Å²) in [6.07, 6.45) is 17.9. The number of allylic oxidation sites excluding steroid dienone is 3. The van der Waals surface area contributed by atoms with E-state index < -0.39 is 5.66 Å². The Morgan fingerprint density at radius 1 is 1.35 bits per heavy atom. The van der Waals surface area contributed by atoms with Crippen LogP contribution in [0.25, 0.3) is 5.70 Å². The fraction of sp³-hybridized carbons (Fsp3) is 0.333. The van der Waals surface area contributed by atoms with Crippen molar-refractivity contribution in [2.24, 2.45) is 16.6 Å². The molecule has 4 rings (SSSR count). The first-order chi connectivity index (χ1) is 11.0. The minimum absolute atomic E-state index is 0.104. The highest BCUT2D eigenvalue weighted by Gasteiger charge is 2.40. The van der Waals surface area contributed by atoms with Crippen molar-refractivity contribution in [3.05, 3.63) is 53.9 Å². The predicted molar refractivity (Wildman–Crippen MR) is 91.1 cm³/mol. The molecule has 2 heterocycles. The standard InChI is InChI=1S/C18H20N4O/c1-12-10-22(11-15(12)17(23)21-18(19)6-7-18)14-8-13-4-2-3-5-16(13)20-9-14/h2-5,8-11,13,16H,6-7,19H2,1H3,(H,21,23). The lowest BCUT2D eigenvalue weighted by Gasteiger charge is -2.22. The van der Waals surface area contributed by atoms with Crippen molar-refractivity contribution in [2.45, 2.75) is 31.5 Å². The van der Waals surface area contributed by atoms with Crippen LogP contribution in [0.1, 0.15) is 28.8 Å². The molecule has 3 aliphatic rings. The molecule has 0 aromatic carbocycles. The molecule has 0 spiro atoms. The monoisotopic (exact) mass is 308 g/mol. The van der Waals surface area contributed by atoms with Gasteiger partial charge in [0.2, 0.25) is 0 Å². The van der Waals surface area contributed by atoms with Crippen LogP contribution in [0, 0.1) is 12.8 Å². The lowest BCUT2D eigenvalue weighted by atomic mass is 9.93. The SMILES string of the molecule is Cc1cn(C2=CC3C=CC=CC3N=C2)cc1C(=O)NC1(N)CC1. The summed E-state index contributed by atoms with van der Waals surface area (Å²) in [7, 11) is 0. The Balaban J connectivity index is 1.58. The second-order valence-corrected chi connectivity index (χ2v) is 6.58. The van der Waals surface area contributed by atoms with Gasteiger partial charge in [-0.15, -0.1) is 0 Å². The van der Waals surface area contributed by atoms with E-state index in [2.05, 4.69) is 28.5 Å². The van der Waals surface area contributed by atoms with Gasteiger partial charge in [0.25, 0.3) is 5.91 Å². The molecule has 23 heavy (non-hydrogen) atoms. The number of hydrogen-bond acceptors (Lipinski definition) is 3. The Hall–Kier alpha value is -2.40. The molecule has 2 unspecified atom stereocenters. The maximum Gasteiger partial charge on any atom is 0.254 e. The maximum absolute atomic E-state index is 12.4. The Kier molecular flexibility index (Phi) is 3.13. The molecule has 0 bridgehead atoms. The van der Waals surface area contributed by atoms with Gasteiger partial charge in [0.1, 0.15) is 0 Å². The van der Waals surface area contributed by atoms with Crippen LogP contribution in [0.3, 0.4) is 0 Å². The minimum Gasteiger partial charge on any atom is -0.334 e. The molecular weight excluding hydrogens is 288 g/mol. The van der Waals surface area contributed by atoms with Crippen molar-refractivity contribution in [1.29, 1.82) is 0 Å². The highest BCUT2D eigenvalue weighted by atomic mass is 16.2. The third kappa shape index (κ3) is 2.68. The molecule has 2 atom stereocenters. The van der Waals surface area contributed by atoms with Gasteiger partial charge in [0.05, 0.1) is 23.0 Å². The first-order valence-corrected chi connectivity index (χ1v) is 7.94. The zero-order valence-corrected chi connectivity index (χ0v) is 13.1. The Labute approximate surface area is 135 Å². The lowest BCUT2D eigenvalue weighted by Crippen LogP contribution is -2.43. The lowest BCUT2D eigenvalue weighted by molar-refractivity contribution is 0.0932. The fourth-order valence-corrected chi connectivity index (χ4v) is 2.97. The largest absolute Gasteiger partial charge is 0.334 e. The number of aryl methyl sites for hydroxylation is 1. The second kappa shape index (κ2) is 5.06. The van der Waals surface area contributed by atoms with Crippen molar-refractivity contribution >= 4 is 17.8 Å². The number of rotatable bonds is 3. The normalized spacial score (nSPS) is 26.6. The number of aromatic nitrogens is 1. The number of carbonyl (C=O) groups is 1. The van der Waals surface area contributed by atoms with Crippen LogP contribution in [-0.4, -0.2) is 28.4 Å². The number of nitrogens with two attached hydrogens (primary N) is 1. The molecule has 3 N–H and O–H groups in total. The van der Waals surface area contributed by atoms with Gasteiger partial charge in [0, 0.05) is 24.5 Å². The highest BCUT2D eigenvalue weighted by Crippen LogP contribution is 2.30. The molecule has 1 aromatic heterocycles. The third-order valence-electron chi connectivity index (χ3n) is 4.61. The first-order valence-electron chi connectivity index (χ1n) is 7.94. The zero-order chi connectivity index (χ0) is 16.0. The Morgan fingerprint density at radius 3 is 2.91 bits per heavy atom. The molecule has 0 saturated heterocycles. The molecule has 0 radical (unpaired) electrons. The first kappa shape index (κ1) is 14.2. The Bertz CT molecular complexity index is 777. The van der Waals surface area contributed by atoms with Crippen LogP contribution in [-0.2, 0) is 0 Å². The molecule has 118 valence electrons. The van der Waals surface area contributed by atoms with E-state index in [0.717, 1.165) is 24.1 Å². The summed E-state index contributed by atoms with van der Waals surface area (Å²) in [6.45, 7) is 1.94. The second-order valence-electron chi connectivity index (χ2n) is 6.58. The number of nitrogens with zero attached hydrogens (tertiary/aromatic N) is 2. The zero-order valence-electron chi connectivity index (χ0n) is 13.1. The van der Waals surface area contributed by atoms with Crippen LogP contribution < -0.4 is 11.1 Å². The van der Waals surface area contributed by atoms with Gasteiger partial charge in [-0.25, -0.2) is 0 Å². The number of dihydropyridines is 1. The minimum atomic E-state index is -0.496. The van der Waals surface area contributed by atoms with E-state index in [0.29, 0.717) is 5.56 Å². The van der Waals surface area contributed by atoms with Gasteiger partial charge in [-0.1, -0.05) is 24.3 Å². The molecule has 5 nitrogen and oxygen atoms in total. The average Bonchev–Trinajstić information content (AvgIpc) is 3.13. The van der Waals surface area contributed by atoms with Crippen LogP contribution in [0.2, 0.25) is 0 Å². The number of hydrogen-bond donors (Lipinski definition) is 2. The van der Waals surface area contributed by atoms with Gasteiger partial charge in [0.15, 0.2) is 0 Å². The fourth-order valence-electron chi connectivity index (χ4n) is 2.97. The molecule has 1 aromatic rings. The van der Waals surface area contributed by atoms with Crippen molar-refractivity contribution in [1.82, 2.24) is 9.88 Å². The maximum atomic E-state index is 12.4. The highest BCUT2D eigenvalue weighted by molar-refractivity contribution is 6.04. The van der Waals surface area contributed by atoms with Gasteiger partial charge in [-0.2, -0.15) is 0 Å². The number of aliphatic imine (C=N–C) groups is 1. The summed E-state index contributed by atoms with van der Waals surface area (Å²) in [6, 6.07) is 0.190. The van der Waals surface area contributed by atoms with E-state index in [4.69, 9.17) is 5.73 Å². The van der Waals surface area contributed by atoms with Gasteiger partial charge in [-0.05, 0) is 31.4 Å². The molecule has 1 saturated carbocycles. The van der Waals surface area contributed by atoms with E-state index in [1.807, 2.05) is 42.3 Å². The van der Waals surface area contributed by atoms with E-state index in [1.54, 1.807) is 0 Å². The smallest absolute Gasteiger partial charge is 0.254 e. The van der Waals surface area contributed by atoms with Crippen molar-refractivity contribution < 1.29 is 4.79 Å². The van der Waals surface area contributed by atoms with E-state index in [1.165, 1.54) is 0 Å². The summed E-state index contributed by atoms with van der Waals surface area (Å²) >= 11 is 0. The summed E-state index contributed by atoms with van der Waals surface area (Å²) in [4.78, 5) is 17.0. The van der Waals surface area contributed by atoms with Crippen LogP contribution in [0.15, 0.2) is 47.8 Å². The van der Waals surface area contributed by atoms with Crippen LogP contribution in [0.5, 0.6) is 0 Å². The predicted octanol–water partition coefficient (Wildman–Crippen LogP) is 2.01. The topological polar surface area (TPSA) is 72.4 Å². The average molecular weight is 308 g/mol. The number of fused-ring (bicyclic) bond motifs is 1. The van der Waals surface area contributed by atoms with Gasteiger partial charge < -0.3 is 15.6 Å². The van der Waals surface area contributed by atoms with Crippen molar-refractivity contribution in [2.75, 3.05) is 0 Å². The number of nitrogens with one attached hydrogen (secondary N) is 1. The van der Waals surface area contributed by atoms with E-state index in [9.17, 15) is 4.79 Å². The Morgan fingerprint density at radius 2 is 2.13 bits per heavy atom. The molecule has 1 fully saturated rings. The van der Waals surface area contributed by atoms with Gasteiger partial charge in [-0.3, -0.25) is 9.79 Å². The van der Waals surface area contributed by atoms with E-state index >= 15 is 0 Å². The van der Waals surface area contributed by atoms with E-state index in [-0.39, 0.29) is 17.9 Å². The molecule has 5 heteroatoms. The molecule has 2 aliphatic carbocycles. The van der Waals surface area contributed by atoms with Crippen molar-refractivity contribution in [3.8, 4) is 0 Å². The molecule has 1 aliphatic heterocycles. The number of amides is 1. The van der Waals surface area contributed by atoms with Gasteiger partial charge >= 0.3 is 0 Å². The van der Waals surface area contributed by atoms with Crippen molar-refractivity contribution in [3.63, 3.8) is 0 Å². The summed E-state index contributed by atoms with van der Waals surface area (Å²) in [5.41, 5.74) is 8.06. The molecular formula is C18H20N4O. The summed E-state index contributed by atoms with van der Waals surface area (Å²) in [5, 5.41) is 2.90. The van der Waals surface area contributed by atoms with Crippen LogP contribution in [0.4, 0.5) is 0 Å².